The molecule has 0 rings (SSSR count). The molecular formula is C14H30. The van der Waals surface area contributed by atoms with Gasteiger partial charge in [0.25, 0.3) is 0 Å². The molecule has 0 aliphatic carbocycles. The van der Waals surface area contributed by atoms with Crippen molar-refractivity contribution in [1.82, 2.24) is 0 Å². The minimum atomic E-state index is 0.835. The number of rotatable bonds is 6. The number of hydrogen-bond donors (Lipinski definition) is 0. The van der Waals surface area contributed by atoms with Crippen LogP contribution in [0.1, 0.15) is 61.3 Å². The number of hydrogen-bond acceptors (Lipinski definition) is 0. The van der Waals surface area contributed by atoms with Gasteiger partial charge in [-0.05, 0) is 29.6 Å². The van der Waals surface area contributed by atoms with E-state index in [1.54, 1.807) is 0 Å². The predicted molar refractivity (Wildman–Crippen MR) is 66.4 cm³/mol. The summed E-state index contributed by atoms with van der Waals surface area (Å²) in [7, 11) is 0. The van der Waals surface area contributed by atoms with E-state index < -0.39 is 0 Å². The average molecular weight is 198 g/mol. The van der Waals surface area contributed by atoms with Crippen LogP contribution in [0.5, 0.6) is 0 Å². The molecule has 0 aromatic heterocycles. The van der Waals surface area contributed by atoms with E-state index >= 15 is 0 Å². The molecule has 0 bridgehead atoms. The lowest BCUT2D eigenvalue weighted by molar-refractivity contribution is 0.156. The van der Waals surface area contributed by atoms with E-state index in [4.69, 9.17) is 0 Å². The summed E-state index contributed by atoms with van der Waals surface area (Å²) in [6.45, 7) is 16.7. The van der Waals surface area contributed by atoms with Crippen molar-refractivity contribution in [3.05, 3.63) is 0 Å². The summed E-state index contributed by atoms with van der Waals surface area (Å²) in [6, 6.07) is 0. The van der Waals surface area contributed by atoms with Gasteiger partial charge in [-0.2, -0.15) is 0 Å². The first kappa shape index (κ1) is 14.0. The van der Waals surface area contributed by atoms with Crippen molar-refractivity contribution < 1.29 is 0 Å². The molecule has 0 saturated heterocycles. The second-order valence-corrected chi connectivity index (χ2v) is 5.42. The molecule has 0 fully saturated rings. The Hall–Kier alpha value is 0. The van der Waals surface area contributed by atoms with Gasteiger partial charge < -0.3 is 0 Å². The fourth-order valence-corrected chi connectivity index (χ4v) is 2.73. The summed E-state index contributed by atoms with van der Waals surface area (Å²) in [5, 5.41) is 0. The molecule has 0 spiro atoms. The van der Waals surface area contributed by atoms with Crippen LogP contribution in [0, 0.1) is 29.6 Å². The fraction of sp³-hybridized carbons (Fsp3) is 1.00. The van der Waals surface area contributed by atoms with Gasteiger partial charge in [0, 0.05) is 0 Å². The van der Waals surface area contributed by atoms with Gasteiger partial charge in [0.05, 0.1) is 0 Å². The highest BCUT2D eigenvalue weighted by Gasteiger charge is 2.26. The summed E-state index contributed by atoms with van der Waals surface area (Å²) in [6.07, 6.45) is 2.65. The van der Waals surface area contributed by atoms with Crippen molar-refractivity contribution in [1.29, 1.82) is 0 Å². The maximum Gasteiger partial charge on any atom is -0.0365 e. The quantitative estimate of drug-likeness (QED) is 0.564. The Bertz CT molecular complexity index is 137. The molecule has 4 unspecified atom stereocenters. The second kappa shape index (κ2) is 6.48. The molecule has 0 radical (unpaired) electrons. The molecule has 0 N–H and O–H groups in total. The lowest BCUT2D eigenvalue weighted by Crippen LogP contribution is -2.26. The SMILES string of the molecule is CCC(C)C(C)C(C)C(CC)C(C)C. The molecule has 0 heterocycles. The van der Waals surface area contributed by atoms with Crippen molar-refractivity contribution in [2.24, 2.45) is 29.6 Å². The molecule has 4 atom stereocenters. The van der Waals surface area contributed by atoms with E-state index in [0.717, 1.165) is 29.6 Å². The highest BCUT2D eigenvalue weighted by Crippen LogP contribution is 2.34. The van der Waals surface area contributed by atoms with Crippen molar-refractivity contribution in [2.45, 2.75) is 61.3 Å². The van der Waals surface area contributed by atoms with E-state index in [1.165, 1.54) is 12.8 Å². The van der Waals surface area contributed by atoms with E-state index in [9.17, 15) is 0 Å². The van der Waals surface area contributed by atoms with E-state index in [2.05, 4.69) is 48.5 Å². The van der Waals surface area contributed by atoms with Crippen LogP contribution in [-0.4, -0.2) is 0 Å². The third-order valence-electron chi connectivity index (χ3n) is 4.37. The molecular weight excluding hydrogens is 168 g/mol. The minimum absolute atomic E-state index is 0.835. The van der Waals surface area contributed by atoms with Gasteiger partial charge in [-0.3, -0.25) is 0 Å². The Morgan fingerprint density at radius 3 is 1.50 bits per heavy atom. The maximum absolute atomic E-state index is 2.45. The van der Waals surface area contributed by atoms with Gasteiger partial charge in [-0.1, -0.05) is 61.3 Å². The summed E-state index contributed by atoms with van der Waals surface area (Å²) < 4.78 is 0. The molecule has 0 aromatic carbocycles. The Morgan fingerprint density at radius 1 is 0.714 bits per heavy atom. The van der Waals surface area contributed by atoms with Crippen molar-refractivity contribution in [3.63, 3.8) is 0 Å². The van der Waals surface area contributed by atoms with E-state index in [0.29, 0.717) is 0 Å². The molecule has 0 heteroatoms. The largest absolute Gasteiger partial charge is 0.0651 e. The maximum atomic E-state index is 2.45. The summed E-state index contributed by atoms with van der Waals surface area (Å²) in [4.78, 5) is 0. The van der Waals surface area contributed by atoms with E-state index in [1.807, 2.05) is 0 Å². The third-order valence-corrected chi connectivity index (χ3v) is 4.37. The van der Waals surface area contributed by atoms with Crippen LogP contribution in [-0.2, 0) is 0 Å². The Labute approximate surface area is 91.5 Å². The lowest BCUT2D eigenvalue weighted by atomic mass is 9.72. The molecule has 0 aromatic rings. The normalized spacial score (nSPS) is 20.6. The van der Waals surface area contributed by atoms with Crippen LogP contribution < -0.4 is 0 Å². The van der Waals surface area contributed by atoms with Crippen LogP contribution in [0.25, 0.3) is 0 Å². The van der Waals surface area contributed by atoms with Crippen LogP contribution in [0.3, 0.4) is 0 Å². The van der Waals surface area contributed by atoms with E-state index in [-0.39, 0.29) is 0 Å². The molecule has 0 nitrogen and oxygen atoms in total. The highest BCUT2D eigenvalue weighted by molar-refractivity contribution is 4.75. The van der Waals surface area contributed by atoms with Crippen LogP contribution >= 0.6 is 0 Å². The Balaban J connectivity index is 4.33. The summed E-state index contributed by atoms with van der Waals surface area (Å²) in [5.41, 5.74) is 0. The van der Waals surface area contributed by atoms with Crippen molar-refractivity contribution in [3.8, 4) is 0 Å². The van der Waals surface area contributed by atoms with Gasteiger partial charge in [-0.25, -0.2) is 0 Å². The third kappa shape index (κ3) is 3.63. The molecule has 0 aliphatic rings. The predicted octanol–water partition coefficient (Wildman–Crippen LogP) is 4.99. The first-order chi connectivity index (χ1) is 6.45. The minimum Gasteiger partial charge on any atom is -0.0651 e. The monoisotopic (exact) mass is 198 g/mol. The first-order valence-corrected chi connectivity index (χ1v) is 6.45. The molecule has 0 aliphatic heterocycles. The Kier molecular flexibility index (Phi) is 6.48. The average Bonchev–Trinajstić information content (AvgIpc) is 2.15. The van der Waals surface area contributed by atoms with Crippen LogP contribution in [0.2, 0.25) is 0 Å². The van der Waals surface area contributed by atoms with Gasteiger partial charge in [0.15, 0.2) is 0 Å². The zero-order chi connectivity index (χ0) is 11.3. The smallest absolute Gasteiger partial charge is 0.0365 e. The standard InChI is InChI=1S/C14H30/c1-8-11(5)12(6)13(7)14(9-2)10(3)4/h10-14H,8-9H2,1-7H3. The lowest BCUT2D eigenvalue weighted by Gasteiger charge is -2.34. The van der Waals surface area contributed by atoms with Crippen LogP contribution in [0.15, 0.2) is 0 Å². The first-order valence-electron chi connectivity index (χ1n) is 6.45. The van der Waals surface area contributed by atoms with Gasteiger partial charge in [0.2, 0.25) is 0 Å². The van der Waals surface area contributed by atoms with Crippen molar-refractivity contribution >= 4 is 0 Å². The van der Waals surface area contributed by atoms with Gasteiger partial charge in [0.1, 0.15) is 0 Å². The van der Waals surface area contributed by atoms with Gasteiger partial charge in [-0.15, -0.1) is 0 Å². The Morgan fingerprint density at radius 2 is 1.21 bits per heavy atom. The second-order valence-electron chi connectivity index (χ2n) is 5.42. The van der Waals surface area contributed by atoms with Gasteiger partial charge >= 0.3 is 0 Å². The zero-order valence-electron chi connectivity index (χ0n) is 11.3. The van der Waals surface area contributed by atoms with Crippen molar-refractivity contribution in [2.75, 3.05) is 0 Å². The zero-order valence-corrected chi connectivity index (χ0v) is 11.3. The summed E-state index contributed by atoms with van der Waals surface area (Å²) >= 11 is 0. The highest BCUT2D eigenvalue weighted by atomic mass is 14.3. The molecule has 14 heavy (non-hydrogen) atoms. The summed E-state index contributed by atoms with van der Waals surface area (Å²) in [5.74, 6) is 4.35. The molecule has 86 valence electrons. The topological polar surface area (TPSA) is 0 Å². The molecule has 0 saturated carbocycles. The fourth-order valence-electron chi connectivity index (χ4n) is 2.73. The van der Waals surface area contributed by atoms with Crippen LogP contribution in [0.4, 0.5) is 0 Å². The molecule has 0 amide bonds.